The molecule has 0 bridgehead atoms. The van der Waals surface area contributed by atoms with E-state index in [1.165, 1.54) is 25.0 Å². The van der Waals surface area contributed by atoms with Gasteiger partial charge in [-0.2, -0.15) is 5.10 Å². The number of aromatic hydroxyl groups is 1. The maximum Gasteiger partial charge on any atom is 0.220 e. The van der Waals surface area contributed by atoms with Crippen LogP contribution in [-0.2, 0) is 7.05 Å². The molecular formula is C14H14Cl2N2O2. The van der Waals surface area contributed by atoms with Gasteiger partial charge >= 0.3 is 0 Å². The Hall–Kier alpha value is -1.39. The van der Waals surface area contributed by atoms with E-state index in [-0.39, 0.29) is 10.8 Å². The van der Waals surface area contributed by atoms with Crippen LogP contribution in [0.1, 0.15) is 30.0 Å². The van der Waals surface area contributed by atoms with Crippen LogP contribution in [0.5, 0.6) is 17.4 Å². The van der Waals surface area contributed by atoms with Gasteiger partial charge in [0.05, 0.1) is 15.7 Å². The first kappa shape index (κ1) is 13.6. The smallest absolute Gasteiger partial charge is 0.220 e. The highest BCUT2D eigenvalue weighted by Gasteiger charge is 2.30. The molecule has 0 radical (unpaired) electrons. The lowest BCUT2D eigenvalue weighted by Gasteiger charge is -2.09. The topological polar surface area (TPSA) is 47.3 Å². The first-order valence-corrected chi connectivity index (χ1v) is 7.12. The van der Waals surface area contributed by atoms with Gasteiger partial charge in [0.2, 0.25) is 5.88 Å². The zero-order valence-corrected chi connectivity index (χ0v) is 12.7. The third-order valence-corrected chi connectivity index (χ3v) is 4.03. The van der Waals surface area contributed by atoms with E-state index in [1.807, 2.05) is 14.0 Å². The summed E-state index contributed by atoms with van der Waals surface area (Å²) in [7, 11) is 1.83. The second kappa shape index (κ2) is 4.86. The zero-order valence-electron chi connectivity index (χ0n) is 11.2. The predicted octanol–water partition coefficient (Wildman–Crippen LogP) is 4.41. The number of halogens is 2. The summed E-state index contributed by atoms with van der Waals surface area (Å²) in [4.78, 5) is 0. The van der Waals surface area contributed by atoms with Crippen LogP contribution in [0, 0.1) is 6.92 Å². The average Bonchev–Trinajstić information content (AvgIpc) is 3.18. The van der Waals surface area contributed by atoms with Crippen molar-refractivity contribution in [1.29, 1.82) is 0 Å². The Kier molecular flexibility index (Phi) is 3.30. The largest absolute Gasteiger partial charge is 0.506 e. The lowest BCUT2D eigenvalue weighted by Crippen LogP contribution is -1.96. The molecule has 20 heavy (non-hydrogen) atoms. The van der Waals surface area contributed by atoms with E-state index in [1.54, 1.807) is 4.68 Å². The summed E-state index contributed by atoms with van der Waals surface area (Å²) in [6.07, 6.45) is 2.36. The minimum absolute atomic E-state index is 0.0618. The van der Waals surface area contributed by atoms with Crippen molar-refractivity contribution in [2.24, 2.45) is 7.05 Å². The molecule has 0 unspecified atom stereocenters. The maximum absolute atomic E-state index is 9.65. The monoisotopic (exact) mass is 312 g/mol. The molecule has 0 atom stereocenters. The number of rotatable bonds is 3. The number of hydrogen-bond donors (Lipinski definition) is 1. The molecule has 0 amide bonds. The molecule has 1 N–H and O–H groups in total. The number of phenols is 1. The maximum atomic E-state index is 9.65. The van der Waals surface area contributed by atoms with E-state index in [4.69, 9.17) is 27.9 Å². The highest BCUT2D eigenvalue weighted by atomic mass is 35.5. The summed E-state index contributed by atoms with van der Waals surface area (Å²) in [5, 5.41) is 14.7. The fourth-order valence-corrected chi connectivity index (χ4v) is 2.64. The Labute approximate surface area is 126 Å². The summed E-state index contributed by atoms with van der Waals surface area (Å²) < 4.78 is 7.51. The van der Waals surface area contributed by atoms with Crippen molar-refractivity contribution in [3.63, 3.8) is 0 Å². The molecule has 1 fully saturated rings. The van der Waals surface area contributed by atoms with Crippen LogP contribution in [0.15, 0.2) is 12.1 Å². The molecule has 0 spiro atoms. The second-order valence-electron chi connectivity index (χ2n) is 5.05. The van der Waals surface area contributed by atoms with Crippen molar-refractivity contribution in [3.8, 4) is 17.4 Å². The fourth-order valence-electron chi connectivity index (χ4n) is 2.22. The minimum Gasteiger partial charge on any atom is -0.506 e. The van der Waals surface area contributed by atoms with Crippen LogP contribution in [-0.4, -0.2) is 14.9 Å². The SMILES string of the molecule is Cc1c(C2CC2)nn(C)c1Oc1cc(O)c(Cl)cc1Cl. The Morgan fingerprint density at radius 2 is 2.00 bits per heavy atom. The zero-order chi connectivity index (χ0) is 14.4. The number of aryl methyl sites for hydroxylation is 1. The van der Waals surface area contributed by atoms with Crippen LogP contribution < -0.4 is 4.74 Å². The number of benzene rings is 1. The first-order valence-electron chi connectivity index (χ1n) is 6.36. The van der Waals surface area contributed by atoms with Crippen LogP contribution in [0.4, 0.5) is 0 Å². The van der Waals surface area contributed by atoms with E-state index in [2.05, 4.69) is 5.10 Å². The number of aromatic nitrogens is 2. The Morgan fingerprint density at radius 3 is 2.65 bits per heavy atom. The van der Waals surface area contributed by atoms with Crippen molar-refractivity contribution >= 4 is 23.2 Å². The molecular weight excluding hydrogens is 299 g/mol. The molecule has 1 aliphatic rings. The van der Waals surface area contributed by atoms with Gasteiger partial charge in [-0.05, 0) is 25.8 Å². The number of ether oxygens (including phenoxy) is 1. The highest BCUT2D eigenvalue weighted by Crippen LogP contribution is 2.44. The average molecular weight is 313 g/mol. The van der Waals surface area contributed by atoms with Gasteiger partial charge in [0.1, 0.15) is 5.75 Å². The Balaban J connectivity index is 1.97. The molecule has 2 aromatic rings. The van der Waals surface area contributed by atoms with Crippen molar-refractivity contribution in [2.45, 2.75) is 25.7 Å². The van der Waals surface area contributed by atoms with Crippen LogP contribution >= 0.6 is 23.2 Å². The van der Waals surface area contributed by atoms with E-state index in [0.29, 0.717) is 22.6 Å². The molecule has 4 nitrogen and oxygen atoms in total. The predicted molar refractivity (Wildman–Crippen MR) is 78.1 cm³/mol. The number of nitrogens with zero attached hydrogens (tertiary/aromatic N) is 2. The fraction of sp³-hybridized carbons (Fsp3) is 0.357. The van der Waals surface area contributed by atoms with Gasteiger partial charge in [-0.3, -0.25) is 0 Å². The summed E-state index contributed by atoms with van der Waals surface area (Å²) >= 11 is 11.9. The summed E-state index contributed by atoms with van der Waals surface area (Å²) in [5.41, 5.74) is 2.09. The number of phenolic OH excluding ortho intramolecular Hbond substituents is 1. The molecule has 1 aromatic heterocycles. The van der Waals surface area contributed by atoms with Crippen molar-refractivity contribution in [2.75, 3.05) is 0 Å². The van der Waals surface area contributed by atoms with Crippen molar-refractivity contribution in [3.05, 3.63) is 33.4 Å². The van der Waals surface area contributed by atoms with Crippen LogP contribution in [0.2, 0.25) is 10.0 Å². The summed E-state index contributed by atoms with van der Waals surface area (Å²) in [6.45, 7) is 1.99. The van der Waals surface area contributed by atoms with Gasteiger partial charge in [0.15, 0.2) is 5.75 Å². The summed E-state index contributed by atoms with van der Waals surface area (Å²) in [6, 6.07) is 2.87. The van der Waals surface area contributed by atoms with E-state index in [9.17, 15) is 5.11 Å². The van der Waals surface area contributed by atoms with Gasteiger partial charge in [0.25, 0.3) is 0 Å². The second-order valence-corrected chi connectivity index (χ2v) is 5.86. The molecule has 1 aliphatic carbocycles. The highest BCUT2D eigenvalue weighted by molar-refractivity contribution is 6.36. The third kappa shape index (κ3) is 2.34. The molecule has 1 heterocycles. The molecule has 1 aromatic carbocycles. The lowest BCUT2D eigenvalue weighted by molar-refractivity contribution is 0.420. The molecule has 0 saturated heterocycles. The normalized spacial score (nSPS) is 14.6. The molecule has 6 heteroatoms. The van der Waals surface area contributed by atoms with Crippen molar-refractivity contribution in [1.82, 2.24) is 9.78 Å². The summed E-state index contributed by atoms with van der Waals surface area (Å²) in [5.74, 6) is 1.48. The van der Waals surface area contributed by atoms with E-state index >= 15 is 0 Å². The van der Waals surface area contributed by atoms with Crippen LogP contribution in [0.25, 0.3) is 0 Å². The Morgan fingerprint density at radius 1 is 1.30 bits per heavy atom. The third-order valence-electron chi connectivity index (χ3n) is 3.43. The van der Waals surface area contributed by atoms with Gasteiger partial charge in [-0.25, -0.2) is 4.68 Å². The van der Waals surface area contributed by atoms with Gasteiger partial charge < -0.3 is 9.84 Å². The molecule has 0 aliphatic heterocycles. The minimum atomic E-state index is -0.0618. The van der Waals surface area contributed by atoms with Crippen LogP contribution in [0.3, 0.4) is 0 Å². The van der Waals surface area contributed by atoms with E-state index < -0.39 is 0 Å². The van der Waals surface area contributed by atoms with Gasteiger partial charge in [0, 0.05) is 24.6 Å². The Bertz CT molecular complexity index is 678. The molecule has 106 valence electrons. The van der Waals surface area contributed by atoms with Gasteiger partial charge in [-0.1, -0.05) is 23.2 Å². The number of hydrogen-bond acceptors (Lipinski definition) is 3. The van der Waals surface area contributed by atoms with Gasteiger partial charge in [-0.15, -0.1) is 0 Å². The first-order chi connectivity index (χ1) is 9.47. The van der Waals surface area contributed by atoms with Crippen molar-refractivity contribution < 1.29 is 9.84 Å². The lowest BCUT2D eigenvalue weighted by atomic mass is 10.2. The standard InChI is InChI=1S/C14H14Cl2N2O2/c1-7-13(8-3-4-8)17-18(2)14(7)20-12-6-11(19)9(15)5-10(12)16/h5-6,8,19H,3-4H2,1-2H3. The molecule has 3 rings (SSSR count). The molecule has 1 saturated carbocycles. The quantitative estimate of drug-likeness (QED) is 0.913. The van der Waals surface area contributed by atoms with E-state index in [0.717, 1.165) is 11.3 Å².